The van der Waals surface area contributed by atoms with Crippen LogP contribution in [0.5, 0.6) is 0 Å². The molecule has 0 saturated heterocycles. The molecule has 2 aromatic rings. The van der Waals surface area contributed by atoms with Crippen LogP contribution in [-0.4, -0.2) is 9.55 Å². The summed E-state index contributed by atoms with van der Waals surface area (Å²) in [4.78, 5) is 4.47. The monoisotopic (exact) mass is 272 g/mol. The van der Waals surface area contributed by atoms with Crippen LogP contribution in [0, 0.1) is 13.8 Å². The molecule has 1 heterocycles. The maximum atomic E-state index is 5.80. The summed E-state index contributed by atoms with van der Waals surface area (Å²) in [5.41, 5.74) is 6.76. The van der Waals surface area contributed by atoms with Gasteiger partial charge in [-0.3, -0.25) is 11.3 Å². The van der Waals surface area contributed by atoms with Gasteiger partial charge < -0.3 is 4.57 Å². The van der Waals surface area contributed by atoms with E-state index in [2.05, 4.69) is 53.9 Å². The first kappa shape index (κ1) is 14.8. The Bertz CT molecular complexity index is 539. The van der Waals surface area contributed by atoms with Crippen LogP contribution in [0.4, 0.5) is 0 Å². The van der Waals surface area contributed by atoms with Gasteiger partial charge in [0.2, 0.25) is 0 Å². The summed E-state index contributed by atoms with van der Waals surface area (Å²) in [5.74, 6) is 6.88. The zero-order valence-corrected chi connectivity index (χ0v) is 12.6. The SMILES string of the molecule is CCCn1ccnc1CC(NN)c1c(C)cccc1C. The molecule has 0 aliphatic rings. The van der Waals surface area contributed by atoms with Crippen molar-refractivity contribution >= 4 is 0 Å². The quantitative estimate of drug-likeness (QED) is 0.628. The molecule has 1 aromatic carbocycles. The highest BCUT2D eigenvalue weighted by molar-refractivity contribution is 5.36. The van der Waals surface area contributed by atoms with Gasteiger partial charge >= 0.3 is 0 Å². The second kappa shape index (κ2) is 6.68. The smallest absolute Gasteiger partial charge is 0.110 e. The van der Waals surface area contributed by atoms with Crippen LogP contribution in [0.15, 0.2) is 30.6 Å². The third-order valence-electron chi connectivity index (χ3n) is 3.74. The van der Waals surface area contributed by atoms with Crippen molar-refractivity contribution < 1.29 is 0 Å². The van der Waals surface area contributed by atoms with Crippen molar-refractivity contribution in [2.75, 3.05) is 0 Å². The molecule has 1 unspecified atom stereocenters. The highest BCUT2D eigenvalue weighted by Gasteiger charge is 2.17. The molecule has 20 heavy (non-hydrogen) atoms. The van der Waals surface area contributed by atoms with E-state index in [4.69, 9.17) is 5.84 Å². The highest BCUT2D eigenvalue weighted by atomic mass is 15.2. The minimum Gasteiger partial charge on any atom is -0.335 e. The van der Waals surface area contributed by atoms with Gasteiger partial charge in [0.1, 0.15) is 5.82 Å². The molecule has 0 bridgehead atoms. The minimum absolute atomic E-state index is 0.0919. The number of aryl methyl sites for hydroxylation is 3. The topological polar surface area (TPSA) is 55.9 Å². The molecule has 2 rings (SSSR count). The molecule has 4 heteroatoms. The van der Waals surface area contributed by atoms with Gasteiger partial charge in [-0.2, -0.15) is 0 Å². The molecule has 0 fully saturated rings. The summed E-state index contributed by atoms with van der Waals surface area (Å²) in [7, 11) is 0. The predicted octanol–water partition coefficient (Wildman–Crippen LogP) is 2.66. The fourth-order valence-corrected chi connectivity index (χ4v) is 2.78. The summed E-state index contributed by atoms with van der Waals surface area (Å²) < 4.78 is 2.21. The number of hydrogen-bond acceptors (Lipinski definition) is 3. The summed E-state index contributed by atoms with van der Waals surface area (Å²) >= 11 is 0. The third kappa shape index (κ3) is 3.08. The second-order valence-electron chi connectivity index (χ2n) is 5.27. The van der Waals surface area contributed by atoms with E-state index in [1.807, 2.05) is 12.4 Å². The lowest BCUT2D eigenvalue weighted by Crippen LogP contribution is -2.31. The molecular weight excluding hydrogens is 248 g/mol. The Labute approximate surface area is 121 Å². The summed E-state index contributed by atoms with van der Waals surface area (Å²) in [6.45, 7) is 7.43. The van der Waals surface area contributed by atoms with Gasteiger partial charge in [-0.05, 0) is 37.0 Å². The maximum Gasteiger partial charge on any atom is 0.110 e. The van der Waals surface area contributed by atoms with Gasteiger partial charge in [0.25, 0.3) is 0 Å². The van der Waals surface area contributed by atoms with Gasteiger partial charge in [-0.1, -0.05) is 25.1 Å². The second-order valence-corrected chi connectivity index (χ2v) is 5.27. The van der Waals surface area contributed by atoms with E-state index < -0.39 is 0 Å². The van der Waals surface area contributed by atoms with Gasteiger partial charge in [-0.15, -0.1) is 0 Å². The number of nitrogens with one attached hydrogen (secondary N) is 1. The molecule has 0 saturated carbocycles. The van der Waals surface area contributed by atoms with E-state index in [1.54, 1.807) is 0 Å². The Morgan fingerprint density at radius 3 is 2.60 bits per heavy atom. The first-order valence-electron chi connectivity index (χ1n) is 7.19. The van der Waals surface area contributed by atoms with E-state index in [0.717, 1.165) is 25.2 Å². The lowest BCUT2D eigenvalue weighted by molar-refractivity contribution is 0.513. The highest BCUT2D eigenvalue weighted by Crippen LogP contribution is 2.24. The number of nitrogens with two attached hydrogens (primary N) is 1. The average molecular weight is 272 g/mol. The van der Waals surface area contributed by atoms with Gasteiger partial charge in [0.05, 0.1) is 6.04 Å². The molecule has 0 aliphatic heterocycles. The fourth-order valence-electron chi connectivity index (χ4n) is 2.78. The molecular formula is C16H24N4. The van der Waals surface area contributed by atoms with Gasteiger partial charge in [0, 0.05) is 25.4 Å². The Morgan fingerprint density at radius 2 is 2.00 bits per heavy atom. The molecule has 0 amide bonds. The van der Waals surface area contributed by atoms with Crippen LogP contribution in [0.1, 0.15) is 41.9 Å². The van der Waals surface area contributed by atoms with Crippen LogP contribution in [0.25, 0.3) is 0 Å². The number of rotatable bonds is 6. The van der Waals surface area contributed by atoms with E-state index in [0.29, 0.717) is 0 Å². The standard InChI is InChI=1S/C16H24N4/c1-4-9-20-10-8-18-15(20)11-14(19-17)16-12(2)6-5-7-13(16)3/h5-8,10,14,19H,4,9,11,17H2,1-3H3. The molecule has 108 valence electrons. The van der Waals surface area contributed by atoms with Crippen molar-refractivity contribution in [2.24, 2.45) is 5.84 Å². The molecule has 1 aromatic heterocycles. The van der Waals surface area contributed by atoms with Crippen molar-refractivity contribution in [3.63, 3.8) is 0 Å². The lowest BCUT2D eigenvalue weighted by Gasteiger charge is -2.21. The van der Waals surface area contributed by atoms with Crippen molar-refractivity contribution in [3.8, 4) is 0 Å². The first-order valence-corrected chi connectivity index (χ1v) is 7.19. The van der Waals surface area contributed by atoms with Crippen molar-refractivity contribution in [3.05, 3.63) is 53.1 Å². The summed E-state index contributed by atoms with van der Waals surface area (Å²) in [6, 6.07) is 6.44. The van der Waals surface area contributed by atoms with E-state index >= 15 is 0 Å². The van der Waals surface area contributed by atoms with Crippen LogP contribution >= 0.6 is 0 Å². The molecule has 0 spiro atoms. The Kier molecular flexibility index (Phi) is 4.93. The average Bonchev–Trinajstić information content (AvgIpc) is 2.85. The first-order chi connectivity index (χ1) is 9.67. The van der Waals surface area contributed by atoms with Crippen LogP contribution in [0.3, 0.4) is 0 Å². The molecule has 1 atom stereocenters. The number of hydrazine groups is 1. The largest absolute Gasteiger partial charge is 0.335 e. The van der Waals surface area contributed by atoms with Crippen molar-refractivity contribution in [1.29, 1.82) is 0 Å². The molecule has 4 nitrogen and oxygen atoms in total. The number of nitrogens with zero attached hydrogens (tertiary/aromatic N) is 2. The van der Waals surface area contributed by atoms with Crippen molar-refractivity contribution in [1.82, 2.24) is 15.0 Å². The lowest BCUT2D eigenvalue weighted by atomic mass is 9.94. The number of hydrogen-bond donors (Lipinski definition) is 2. The van der Waals surface area contributed by atoms with E-state index in [1.165, 1.54) is 16.7 Å². The molecule has 0 aliphatic carbocycles. The van der Waals surface area contributed by atoms with Gasteiger partial charge in [-0.25, -0.2) is 4.98 Å². The third-order valence-corrected chi connectivity index (χ3v) is 3.74. The minimum atomic E-state index is 0.0919. The van der Waals surface area contributed by atoms with Crippen LogP contribution in [-0.2, 0) is 13.0 Å². The summed E-state index contributed by atoms with van der Waals surface area (Å²) in [6.07, 6.45) is 5.81. The number of aromatic nitrogens is 2. The maximum absolute atomic E-state index is 5.80. The van der Waals surface area contributed by atoms with Gasteiger partial charge in [0.15, 0.2) is 0 Å². The number of benzene rings is 1. The Balaban J connectivity index is 2.27. The normalized spacial score (nSPS) is 12.6. The number of imidazole rings is 1. The zero-order valence-electron chi connectivity index (χ0n) is 12.6. The van der Waals surface area contributed by atoms with Crippen LogP contribution < -0.4 is 11.3 Å². The Morgan fingerprint density at radius 1 is 1.30 bits per heavy atom. The van der Waals surface area contributed by atoms with E-state index in [-0.39, 0.29) is 6.04 Å². The fraction of sp³-hybridized carbons (Fsp3) is 0.438. The molecule has 3 N–H and O–H groups in total. The Hall–Kier alpha value is -1.65. The zero-order chi connectivity index (χ0) is 14.5. The van der Waals surface area contributed by atoms with Crippen LogP contribution in [0.2, 0.25) is 0 Å². The van der Waals surface area contributed by atoms with Crippen molar-refractivity contribution in [2.45, 2.75) is 46.2 Å². The summed E-state index contributed by atoms with van der Waals surface area (Å²) in [5, 5.41) is 0. The molecule has 0 radical (unpaired) electrons. The van der Waals surface area contributed by atoms with E-state index in [9.17, 15) is 0 Å². The predicted molar refractivity (Wildman–Crippen MR) is 82.2 cm³/mol.